The van der Waals surface area contributed by atoms with Gasteiger partial charge < -0.3 is 18.9 Å². The number of hydrogen-bond acceptors (Lipinski definition) is 12. The molecular formula is C43H41F2N5O8. The van der Waals surface area contributed by atoms with Crippen LogP contribution in [0.25, 0.3) is 32.9 Å². The second-order valence-electron chi connectivity index (χ2n) is 15.5. The predicted octanol–water partition coefficient (Wildman–Crippen LogP) is 6.87. The lowest BCUT2D eigenvalue weighted by Crippen LogP contribution is -2.45. The molecule has 9 rings (SSSR count). The number of carbonyl (C=O) groups is 3. The lowest BCUT2D eigenvalue weighted by molar-refractivity contribution is -0.177. The maximum absolute atomic E-state index is 17.0. The number of rotatable bonds is 14. The molecule has 2 amide bonds. The quantitative estimate of drug-likeness (QED) is 0.0658. The number of ether oxygens (including phenoxy) is 4. The van der Waals surface area contributed by atoms with Crippen LogP contribution in [0.4, 0.5) is 13.6 Å². The third-order valence-electron chi connectivity index (χ3n) is 11.3. The minimum atomic E-state index is -1.22. The van der Waals surface area contributed by atoms with Gasteiger partial charge in [-0.3, -0.25) is 24.3 Å². The highest BCUT2D eigenvalue weighted by Gasteiger charge is 2.47. The molecule has 5 heterocycles. The number of imide groups is 1. The third-order valence-corrected chi connectivity index (χ3v) is 11.3. The molecule has 4 aliphatic rings. The zero-order valence-corrected chi connectivity index (χ0v) is 31.7. The molecule has 2 atom stereocenters. The summed E-state index contributed by atoms with van der Waals surface area (Å²) in [4.78, 5) is 56.7. The van der Waals surface area contributed by atoms with Gasteiger partial charge in [0.25, 0.3) is 11.8 Å². The van der Waals surface area contributed by atoms with Crippen molar-refractivity contribution >= 4 is 39.6 Å². The Balaban J connectivity index is 0.987. The van der Waals surface area contributed by atoms with E-state index in [1.807, 2.05) is 30.3 Å². The number of fused-ring (bicyclic) bond motifs is 4. The summed E-state index contributed by atoms with van der Waals surface area (Å²) >= 11 is 0. The number of nitrogens with zero attached hydrogens (tertiary/aromatic N) is 5. The van der Waals surface area contributed by atoms with Crippen LogP contribution in [0.3, 0.4) is 0 Å². The van der Waals surface area contributed by atoms with Crippen molar-refractivity contribution in [3.8, 4) is 23.1 Å². The highest BCUT2D eigenvalue weighted by molar-refractivity contribution is 6.01. The number of amides is 2. The second kappa shape index (κ2) is 15.9. The van der Waals surface area contributed by atoms with E-state index in [0.29, 0.717) is 28.0 Å². The topological polar surface area (TPSA) is 143 Å². The number of pyridine rings is 1. The standard InChI is InChI=1S/C43H41F2N5O8/c44-33-14-11-27-8-4-9-31(36(27)30(33)10-5-19-54-42(53)58-50-34(51)15-16-35(50)52)38-37(45)39-32(20-46-38)40(55-23-26-6-2-1-3-7-26)48-41(47-39)56-25-43(17-18-43)24-49-21-28-12-13-29(22-49)57-28/h1-4,6-9,11,14,20,28-29H,5,10,12-13,15-19,21-25H2. The lowest BCUT2D eigenvalue weighted by atomic mass is 9.94. The van der Waals surface area contributed by atoms with Gasteiger partial charge in [0.05, 0.1) is 30.8 Å². The molecule has 3 aromatic carbocycles. The average Bonchev–Trinajstić information content (AvgIpc) is 3.81. The molecule has 2 aromatic heterocycles. The zero-order valence-electron chi connectivity index (χ0n) is 31.7. The number of hydroxylamine groups is 2. The van der Waals surface area contributed by atoms with E-state index >= 15 is 8.78 Å². The Morgan fingerprint density at radius 1 is 0.914 bits per heavy atom. The molecule has 2 bridgehead atoms. The van der Waals surface area contributed by atoms with Crippen molar-refractivity contribution in [1.29, 1.82) is 0 Å². The van der Waals surface area contributed by atoms with Gasteiger partial charge in [0, 0.05) is 49.7 Å². The Bertz CT molecular complexity index is 2370. The number of aromatic nitrogens is 3. The summed E-state index contributed by atoms with van der Waals surface area (Å²) in [5.74, 6) is -2.43. The maximum atomic E-state index is 17.0. The Morgan fingerprint density at radius 2 is 1.69 bits per heavy atom. The van der Waals surface area contributed by atoms with Crippen LogP contribution in [0.2, 0.25) is 0 Å². The first kappa shape index (κ1) is 37.8. The van der Waals surface area contributed by atoms with E-state index in [1.165, 1.54) is 12.3 Å². The van der Waals surface area contributed by atoms with E-state index in [0.717, 1.165) is 50.9 Å². The number of likely N-dealkylation sites (tertiary alicyclic amines) is 1. The fourth-order valence-corrected chi connectivity index (χ4v) is 8.18. The summed E-state index contributed by atoms with van der Waals surface area (Å²) < 4.78 is 56.2. The molecule has 58 heavy (non-hydrogen) atoms. The molecule has 3 aliphatic heterocycles. The van der Waals surface area contributed by atoms with Gasteiger partial charge in [-0.25, -0.2) is 13.6 Å². The maximum Gasteiger partial charge on any atom is 0.533 e. The molecule has 3 saturated heterocycles. The van der Waals surface area contributed by atoms with E-state index in [9.17, 15) is 14.4 Å². The smallest absolute Gasteiger partial charge is 0.472 e. The summed E-state index contributed by atoms with van der Waals surface area (Å²) in [6.07, 6.45) is 5.15. The van der Waals surface area contributed by atoms with Crippen LogP contribution in [0.1, 0.15) is 56.1 Å². The normalized spacial score (nSPS) is 19.9. The molecule has 300 valence electrons. The Kier molecular flexibility index (Phi) is 10.3. The van der Waals surface area contributed by atoms with Crippen molar-refractivity contribution < 1.29 is 46.9 Å². The highest BCUT2D eigenvalue weighted by Crippen LogP contribution is 2.47. The zero-order chi connectivity index (χ0) is 39.8. The van der Waals surface area contributed by atoms with Crippen molar-refractivity contribution in [2.24, 2.45) is 5.41 Å². The highest BCUT2D eigenvalue weighted by atomic mass is 19.1. The summed E-state index contributed by atoms with van der Waals surface area (Å²) in [6.45, 7) is 3.04. The first-order valence-corrected chi connectivity index (χ1v) is 19.7. The number of aryl methyl sites for hydroxylation is 1. The minimum Gasteiger partial charge on any atom is -0.472 e. The monoisotopic (exact) mass is 793 g/mol. The summed E-state index contributed by atoms with van der Waals surface area (Å²) in [7, 11) is 0. The van der Waals surface area contributed by atoms with Crippen LogP contribution in [-0.2, 0) is 36.9 Å². The molecule has 13 nitrogen and oxygen atoms in total. The van der Waals surface area contributed by atoms with E-state index < -0.39 is 29.6 Å². The average molecular weight is 794 g/mol. The van der Waals surface area contributed by atoms with E-state index in [-0.39, 0.29) is 90.6 Å². The largest absolute Gasteiger partial charge is 0.533 e. The van der Waals surface area contributed by atoms with Gasteiger partial charge in [0.1, 0.15) is 23.6 Å². The van der Waals surface area contributed by atoms with Crippen LogP contribution >= 0.6 is 0 Å². The third kappa shape index (κ3) is 7.88. The number of morpholine rings is 1. The van der Waals surface area contributed by atoms with E-state index in [4.69, 9.17) is 23.8 Å². The van der Waals surface area contributed by atoms with Gasteiger partial charge >= 0.3 is 12.2 Å². The molecular weight excluding hydrogens is 752 g/mol. The Morgan fingerprint density at radius 3 is 2.45 bits per heavy atom. The van der Waals surface area contributed by atoms with Gasteiger partial charge in [0.2, 0.25) is 5.88 Å². The van der Waals surface area contributed by atoms with Gasteiger partial charge in [-0.1, -0.05) is 59.7 Å². The van der Waals surface area contributed by atoms with Crippen molar-refractivity contribution in [2.45, 2.75) is 70.2 Å². The van der Waals surface area contributed by atoms with Gasteiger partial charge in [-0.15, -0.1) is 0 Å². The molecule has 1 saturated carbocycles. The molecule has 0 N–H and O–H groups in total. The van der Waals surface area contributed by atoms with Gasteiger partial charge in [-0.05, 0) is 66.5 Å². The van der Waals surface area contributed by atoms with Crippen LogP contribution in [0, 0.1) is 17.0 Å². The minimum absolute atomic E-state index is 0.0124. The van der Waals surface area contributed by atoms with Crippen molar-refractivity contribution in [2.75, 3.05) is 32.8 Å². The Hall–Kier alpha value is -5.80. The SMILES string of the molecule is O=C(OCCCc1c(F)ccc2cccc(-c3ncc4c(OCc5ccccc5)nc(OCC5(CN6CC7CCC(C6)O7)CC5)nc4c3F)c12)ON1C(=O)CCC1=O. The van der Waals surface area contributed by atoms with Gasteiger partial charge in [-0.2, -0.15) is 9.97 Å². The fourth-order valence-electron chi connectivity index (χ4n) is 8.18. The molecule has 4 fully saturated rings. The first-order chi connectivity index (χ1) is 28.2. The van der Waals surface area contributed by atoms with Crippen molar-refractivity contribution in [3.63, 3.8) is 0 Å². The van der Waals surface area contributed by atoms with E-state index in [1.54, 1.807) is 24.3 Å². The lowest BCUT2D eigenvalue weighted by Gasteiger charge is -2.34. The Labute approximate surface area is 332 Å². The summed E-state index contributed by atoms with van der Waals surface area (Å²) in [6, 6.07) is 17.7. The summed E-state index contributed by atoms with van der Waals surface area (Å²) in [5.41, 5.74) is 1.33. The number of halogens is 2. The molecule has 1 aliphatic carbocycles. The van der Waals surface area contributed by atoms with Crippen molar-refractivity contribution in [1.82, 2.24) is 24.9 Å². The van der Waals surface area contributed by atoms with Gasteiger partial charge in [0.15, 0.2) is 5.82 Å². The van der Waals surface area contributed by atoms with E-state index in [2.05, 4.69) is 19.9 Å². The van der Waals surface area contributed by atoms with Crippen molar-refractivity contribution in [3.05, 3.63) is 89.6 Å². The van der Waals surface area contributed by atoms with Crippen LogP contribution in [0.15, 0.2) is 66.9 Å². The van der Waals surface area contributed by atoms with Crippen LogP contribution in [-0.4, -0.2) is 87.9 Å². The fraction of sp³-hybridized carbons (Fsp3) is 0.395. The first-order valence-electron chi connectivity index (χ1n) is 19.7. The molecule has 2 unspecified atom stereocenters. The van der Waals surface area contributed by atoms with Crippen LogP contribution in [0.5, 0.6) is 11.9 Å². The number of benzene rings is 3. The molecule has 0 radical (unpaired) electrons. The summed E-state index contributed by atoms with van der Waals surface area (Å²) in [5, 5.41) is 1.72. The number of hydrogen-bond donors (Lipinski definition) is 0. The van der Waals surface area contributed by atoms with Crippen LogP contribution < -0.4 is 9.47 Å². The molecule has 0 spiro atoms. The second-order valence-corrected chi connectivity index (χ2v) is 15.5. The molecule has 5 aromatic rings. The predicted molar refractivity (Wildman–Crippen MR) is 204 cm³/mol. The molecule has 15 heteroatoms. The number of carbonyl (C=O) groups excluding carboxylic acids is 3.